The molecule has 0 aromatic rings. The summed E-state index contributed by atoms with van der Waals surface area (Å²) in [5.41, 5.74) is -7.62. The Kier molecular flexibility index (Phi) is 3.17. The van der Waals surface area contributed by atoms with E-state index in [1.54, 1.807) is 0 Å². The number of rotatable bonds is 3. The molecule has 3 atom stereocenters. The predicted molar refractivity (Wildman–Crippen MR) is 65.0 cm³/mol. The van der Waals surface area contributed by atoms with Crippen LogP contribution in [0, 0.1) is 30.3 Å². The van der Waals surface area contributed by atoms with Crippen molar-refractivity contribution in [1.82, 2.24) is 0 Å². The number of carbonyl (C=O) groups is 1. The monoisotopic (exact) mass is 287 g/mol. The Labute approximate surface area is 112 Å². The first-order valence-corrected chi connectivity index (χ1v) is 5.55. The molecule has 0 fully saturated rings. The van der Waals surface area contributed by atoms with E-state index in [-0.39, 0.29) is 5.57 Å². The highest BCUT2D eigenvalue weighted by atomic mass is 16.7. The molecule has 1 aliphatic rings. The molecule has 0 amide bonds. The molecular formula is C10H13N3O7. The zero-order chi connectivity index (χ0) is 16.1. The molecule has 0 bridgehead atoms. The van der Waals surface area contributed by atoms with Gasteiger partial charge in [0.2, 0.25) is 0 Å². The minimum absolute atomic E-state index is 0.194. The zero-order valence-corrected chi connectivity index (χ0v) is 11.3. The van der Waals surface area contributed by atoms with Gasteiger partial charge in [0.05, 0.1) is 0 Å². The van der Waals surface area contributed by atoms with Gasteiger partial charge in [-0.25, -0.2) is 0 Å². The van der Waals surface area contributed by atoms with Crippen molar-refractivity contribution >= 4 is 5.78 Å². The van der Waals surface area contributed by atoms with Gasteiger partial charge >= 0.3 is 16.6 Å². The van der Waals surface area contributed by atoms with E-state index in [0.29, 0.717) is 0 Å². The van der Waals surface area contributed by atoms with Gasteiger partial charge in [0.1, 0.15) is 0 Å². The van der Waals surface area contributed by atoms with E-state index in [1.807, 2.05) is 0 Å². The summed E-state index contributed by atoms with van der Waals surface area (Å²) in [6.45, 7) is 3.77. The smallest absolute Gasteiger partial charge is 0.283 e. The van der Waals surface area contributed by atoms with E-state index < -0.39 is 37.2 Å². The van der Waals surface area contributed by atoms with Crippen molar-refractivity contribution in [2.24, 2.45) is 0 Å². The van der Waals surface area contributed by atoms with Gasteiger partial charge in [0.15, 0.2) is 0 Å². The van der Waals surface area contributed by atoms with Crippen molar-refractivity contribution in [3.8, 4) is 0 Å². The lowest BCUT2D eigenvalue weighted by molar-refractivity contribution is -0.664. The first-order chi connectivity index (χ1) is 8.86. The molecule has 0 saturated carbocycles. The molecule has 0 saturated heterocycles. The molecule has 0 spiro atoms. The molecule has 110 valence electrons. The largest absolute Gasteiger partial charge is 0.355 e. The Morgan fingerprint density at radius 3 is 1.60 bits per heavy atom. The highest BCUT2D eigenvalue weighted by molar-refractivity contribution is 5.98. The molecule has 0 unspecified atom stereocenters. The third-order valence-electron chi connectivity index (χ3n) is 4.22. The Bertz CT molecular complexity index is 571. The summed E-state index contributed by atoms with van der Waals surface area (Å²) in [5, 5.41) is 33.6. The van der Waals surface area contributed by atoms with Crippen LogP contribution in [-0.4, -0.2) is 37.2 Å². The normalized spacial score (nSPS) is 37.2. The van der Waals surface area contributed by atoms with Gasteiger partial charge in [-0.15, -0.1) is 0 Å². The van der Waals surface area contributed by atoms with E-state index in [9.17, 15) is 35.1 Å². The summed E-state index contributed by atoms with van der Waals surface area (Å²) in [6.07, 6.45) is 0.823. The van der Waals surface area contributed by atoms with Gasteiger partial charge in [-0.1, -0.05) is 0 Å². The maximum Gasteiger partial charge on any atom is 0.355 e. The molecule has 0 N–H and O–H groups in total. The zero-order valence-electron chi connectivity index (χ0n) is 11.3. The van der Waals surface area contributed by atoms with Gasteiger partial charge < -0.3 is 0 Å². The van der Waals surface area contributed by atoms with Gasteiger partial charge in [0, 0.05) is 47.2 Å². The highest BCUT2D eigenvalue weighted by Gasteiger charge is 2.78. The van der Waals surface area contributed by atoms with Gasteiger partial charge in [0.25, 0.3) is 5.78 Å². The summed E-state index contributed by atoms with van der Waals surface area (Å²) < 4.78 is 0. The standard InChI is InChI=1S/C10H13N3O7/c1-6-5-8(2,11(15)16)7(14)10(4,13(19)20)9(6,3)12(17)18/h5H,1-4H3/t8-,9-,10+/m1/s1. The van der Waals surface area contributed by atoms with Crippen molar-refractivity contribution < 1.29 is 19.6 Å². The molecule has 0 radical (unpaired) electrons. The van der Waals surface area contributed by atoms with Crippen LogP contribution in [0.15, 0.2) is 11.6 Å². The topological polar surface area (TPSA) is 146 Å². The molecule has 20 heavy (non-hydrogen) atoms. The Balaban J connectivity index is 3.84. The van der Waals surface area contributed by atoms with Crippen molar-refractivity contribution in [2.75, 3.05) is 0 Å². The average Bonchev–Trinajstić information content (AvgIpc) is 2.32. The van der Waals surface area contributed by atoms with Gasteiger partial charge in [-0.3, -0.25) is 35.1 Å². The van der Waals surface area contributed by atoms with E-state index >= 15 is 0 Å². The molecule has 1 rings (SSSR count). The first-order valence-electron chi connectivity index (χ1n) is 5.55. The molecule has 0 aromatic carbocycles. The summed E-state index contributed by atoms with van der Waals surface area (Å²) in [7, 11) is 0. The van der Waals surface area contributed by atoms with Crippen molar-refractivity contribution in [2.45, 2.75) is 44.3 Å². The summed E-state index contributed by atoms with van der Waals surface area (Å²) in [5.74, 6) is -1.41. The lowest BCUT2D eigenvalue weighted by Gasteiger charge is -2.37. The first kappa shape index (κ1) is 15.7. The summed E-state index contributed by atoms with van der Waals surface area (Å²) in [6, 6.07) is 0. The van der Waals surface area contributed by atoms with Crippen molar-refractivity contribution in [1.29, 1.82) is 0 Å². The van der Waals surface area contributed by atoms with E-state index in [1.165, 1.54) is 6.92 Å². The third-order valence-corrected chi connectivity index (χ3v) is 4.22. The SMILES string of the molecule is CC1=C[C@@](C)([N+](=O)[O-])C(=O)[C@](C)([N+](=O)[O-])[C@]1(C)[N+](=O)[O-]. The fraction of sp³-hybridized carbons (Fsp3) is 0.700. The van der Waals surface area contributed by atoms with Crippen LogP contribution < -0.4 is 0 Å². The molecule has 0 aliphatic heterocycles. The van der Waals surface area contributed by atoms with Crippen molar-refractivity contribution in [3.05, 3.63) is 42.0 Å². The van der Waals surface area contributed by atoms with Crippen LogP contribution in [0.1, 0.15) is 27.7 Å². The van der Waals surface area contributed by atoms with Gasteiger partial charge in [-0.2, -0.15) is 0 Å². The second-order valence-corrected chi connectivity index (χ2v) is 5.22. The molecule has 10 heteroatoms. The fourth-order valence-corrected chi connectivity index (χ4v) is 2.44. The van der Waals surface area contributed by atoms with E-state index in [0.717, 1.165) is 26.8 Å². The average molecular weight is 287 g/mol. The predicted octanol–water partition coefficient (Wildman–Crippen LogP) is 0.622. The second-order valence-electron chi connectivity index (χ2n) is 5.22. The van der Waals surface area contributed by atoms with Crippen LogP contribution in [0.25, 0.3) is 0 Å². The lowest BCUT2D eigenvalue weighted by Crippen LogP contribution is -2.72. The Morgan fingerprint density at radius 1 is 0.900 bits per heavy atom. The number of nitrogens with zero attached hydrogens (tertiary/aromatic N) is 3. The van der Waals surface area contributed by atoms with Crippen LogP contribution >= 0.6 is 0 Å². The van der Waals surface area contributed by atoms with Crippen LogP contribution in [0.5, 0.6) is 0 Å². The maximum absolute atomic E-state index is 12.3. The number of hydrogen-bond donors (Lipinski definition) is 0. The minimum Gasteiger partial charge on any atom is -0.283 e. The number of nitro groups is 3. The fourth-order valence-electron chi connectivity index (χ4n) is 2.44. The number of hydrogen-bond acceptors (Lipinski definition) is 7. The van der Waals surface area contributed by atoms with E-state index in [2.05, 4.69) is 0 Å². The lowest BCUT2D eigenvalue weighted by atomic mass is 9.63. The van der Waals surface area contributed by atoms with Crippen LogP contribution in [-0.2, 0) is 4.79 Å². The van der Waals surface area contributed by atoms with E-state index in [4.69, 9.17) is 0 Å². The van der Waals surface area contributed by atoms with Crippen molar-refractivity contribution in [3.63, 3.8) is 0 Å². The van der Waals surface area contributed by atoms with Gasteiger partial charge in [-0.05, 0) is 6.92 Å². The Morgan fingerprint density at radius 2 is 1.30 bits per heavy atom. The molecule has 0 heterocycles. The minimum atomic E-state index is -2.73. The molecule has 10 nitrogen and oxygen atoms in total. The summed E-state index contributed by atoms with van der Waals surface area (Å²) >= 11 is 0. The summed E-state index contributed by atoms with van der Waals surface area (Å²) in [4.78, 5) is 42.9. The quantitative estimate of drug-likeness (QED) is 0.419. The maximum atomic E-state index is 12.3. The Hall–Kier alpha value is -2.39. The molecule has 0 aromatic heterocycles. The van der Waals surface area contributed by atoms with Crippen LogP contribution in [0.4, 0.5) is 0 Å². The highest BCUT2D eigenvalue weighted by Crippen LogP contribution is 2.44. The number of carbonyl (C=O) groups excluding carboxylic acids is 1. The number of Topliss-reactive ketones (excluding diaryl/α,β-unsaturated/α-hetero) is 1. The second kappa shape index (κ2) is 4.05. The molecular weight excluding hydrogens is 274 g/mol. The van der Waals surface area contributed by atoms with Crippen LogP contribution in [0.3, 0.4) is 0 Å². The van der Waals surface area contributed by atoms with Crippen LogP contribution in [0.2, 0.25) is 0 Å². The molecule has 1 aliphatic carbocycles. The number of ketones is 1. The third kappa shape index (κ3) is 1.47.